The minimum absolute atomic E-state index is 0.115. The summed E-state index contributed by atoms with van der Waals surface area (Å²) in [6, 6.07) is 3.20. The van der Waals surface area contributed by atoms with E-state index < -0.39 is 12.6 Å². The molecule has 1 aliphatic carbocycles. The number of rotatable bonds is 8. The van der Waals surface area contributed by atoms with E-state index in [9.17, 15) is 18.7 Å². The fraction of sp³-hybridized carbons (Fsp3) is 0.679. The van der Waals surface area contributed by atoms with Crippen LogP contribution in [0.2, 0.25) is 0 Å². The van der Waals surface area contributed by atoms with Gasteiger partial charge in [-0.05, 0) is 88.8 Å². The second-order valence-corrected chi connectivity index (χ2v) is 11.3. The molecule has 196 valence electrons. The molecule has 0 radical (unpaired) electrons. The maximum absolute atomic E-state index is 13.2. The molecule has 0 bridgehead atoms. The van der Waals surface area contributed by atoms with Crippen LogP contribution in [0.5, 0.6) is 5.75 Å². The van der Waals surface area contributed by atoms with Crippen molar-refractivity contribution in [3.8, 4) is 5.75 Å². The van der Waals surface area contributed by atoms with E-state index in [1.54, 1.807) is 6.07 Å². The Hall–Kier alpha value is -2.15. The number of ether oxygens (including phenoxy) is 2. The zero-order valence-electron chi connectivity index (χ0n) is 21.7. The molecule has 5 nitrogen and oxygen atoms in total. The zero-order chi connectivity index (χ0) is 25.8. The highest BCUT2D eigenvalue weighted by Crippen LogP contribution is 2.35. The summed E-state index contributed by atoms with van der Waals surface area (Å²) in [6.07, 6.45) is 10.2. The number of carboxylic acid groups (broad SMARTS) is 1. The number of nitrogens with zero attached hydrogens (tertiary/aromatic N) is 1. The molecule has 1 aromatic carbocycles. The minimum Gasteiger partial charge on any atom is -0.478 e. The van der Waals surface area contributed by atoms with Gasteiger partial charge in [0.05, 0.1) is 5.60 Å². The summed E-state index contributed by atoms with van der Waals surface area (Å²) in [4.78, 5) is 13.9. The van der Waals surface area contributed by atoms with Crippen LogP contribution in [0.3, 0.4) is 0 Å². The maximum Gasteiger partial charge on any atom is 0.387 e. The van der Waals surface area contributed by atoms with Gasteiger partial charge in [-0.25, -0.2) is 4.79 Å². The number of carbonyl (C=O) groups is 1. The van der Waals surface area contributed by atoms with Crippen LogP contribution in [-0.2, 0) is 4.74 Å². The lowest BCUT2D eigenvalue weighted by atomic mass is 9.87. The predicted molar refractivity (Wildman–Crippen MR) is 134 cm³/mol. The van der Waals surface area contributed by atoms with E-state index in [1.165, 1.54) is 12.5 Å². The lowest BCUT2D eigenvalue weighted by Crippen LogP contribution is -2.35. The molecule has 1 aliphatic heterocycles. The van der Waals surface area contributed by atoms with Gasteiger partial charge in [0.15, 0.2) is 0 Å². The van der Waals surface area contributed by atoms with E-state index in [2.05, 4.69) is 39.5 Å². The molecule has 0 amide bonds. The van der Waals surface area contributed by atoms with Gasteiger partial charge >= 0.3 is 12.6 Å². The molecule has 1 saturated carbocycles. The van der Waals surface area contributed by atoms with Crippen molar-refractivity contribution < 1.29 is 28.2 Å². The molecule has 2 aliphatic rings. The lowest BCUT2D eigenvalue weighted by Gasteiger charge is -2.30. The van der Waals surface area contributed by atoms with E-state index in [0.717, 1.165) is 50.5 Å². The van der Waals surface area contributed by atoms with E-state index in [1.807, 2.05) is 12.3 Å². The van der Waals surface area contributed by atoms with E-state index in [0.29, 0.717) is 23.0 Å². The number of hydrogen-bond donors (Lipinski definition) is 1. The quantitative estimate of drug-likeness (QED) is 0.502. The summed E-state index contributed by atoms with van der Waals surface area (Å²) in [6.45, 7) is 9.24. The Labute approximate surface area is 207 Å². The first-order valence-electron chi connectivity index (χ1n) is 12.9. The van der Waals surface area contributed by atoms with Crippen LogP contribution >= 0.6 is 0 Å². The highest BCUT2D eigenvalue weighted by atomic mass is 19.3. The summed E-state index contributed by atoms with van der Waals surface area (Å²) < 4.78 is 37.1. The summed E-state index contributed by atoms with van der Waals surface area (Å²) >= 11 is 0. The number of alkyl halides is 2. The van der Waals surface area contributed by atoms with Crippen molar-refractivity contribution >= 4 is 18.2 Å². The van der Waals surface area contributed by atoms with Crippen molar-refractivity contribution in [2.24, 2.45) is 17.8 Å². The van der Waals surface area contributed by atoms with Gasteiger partial charge in [0.25, 0.3) is 0 Å². The average Bonchev–Trinajstić information content (AvgIpc) is 3.02. The second kappa shape index (κ2) is 11.7. The highest BCUT2D eigenvalue weighted by Gasteiger charge is 2.27. The summed E-state index contributed by atoms with van der Waals surface area (Å²) in [5.41, 5.74) is -0.359. The van der Waals surface area contributed by atoms with Gasteiger partial charge in [0.2, 0.25) is 0 Å². The molecule has 4 unspecified atom stereocenters. The van der Waals surface area contributed by atoms with E-state index in [4.69, 9.17) is 9.47 Å². The number of fused-ring (bicyclic) bond motifs is 1. The number of halogens is 2. The van der Waals surface area contributed by atoms with Crippen molar-refractivity contribution in [2.45, 2.75) is 91.4 Å². The largest absolute Gasteiger partial charge is 0.478 e. The molecule has 0 aromatic heterocycles. The zero-order valence-corrected chi connectivity index (χ0v) is 21.7. The Morgan fingerprint density at radius 1 is 1.17 bits per heavy atom. The molecule has 1 N–H and O–H groups in total. The Kier molecular flexibility index (Phi) is 9.19. The van der Waals surface area contributed by atoms with Crippen LogP contribution in [0.1, 0.15) is 83.5 Å². The molecule has 7 heteroatoms. The Morgan fingerprint density at radius 3 is 2.54 bits per heavy atom. The lowest BCUT2D eigenvalue weighted by molar-refractivity contribution is -0.0510. The maximum atomic E-state index is 13.2. The molecular weight excluding hydrogens is 452 g/mol. The van der Waals surface area contributed by atoms with Crippen LogP contribution in [0.15, 0.2) is 12.1 Å². The van der Waals surface area contributed by atoms with Crippen molar-refractivity contribution in [2.75, 3.05) is 13.2 Å². The molecule has 0 spiro atoms. The van der Waals surface area contributed by atoms with Crippen LogP contribution in [0.25, 0.3) is 12.3 Å². The van der Waals surface area contributed by atoms with Crippen molar-refractivity contribution in [3.63, 3.8) is 0 Å². The van der Waals surface area contributed by atoms with Crippen LogP contribution in [0.4, 0.5) is 8.78 Å². The van der Waals surface area contributed by atoms with Gasteiger partial charge in [-0.15, -0.1) is 0 Å². The molecular formula is C28H41F2NO4. The SMILES string of the molecule is CC1CCC(CN2C=c3c(OC(F)F)c(C(=O)O)ccc3=CCC2C)CCC1CCOC(C)(C)C. The molecule has 3 rings (SSSR count). The van der Waals surface area contributed by atoms with E-state index >= 15 is 0 Å². The Morgan fingerprint density at radius 2 is 1.89 bits per heavy atom. The Balaban J connectivity index is 1.79. The monoisotopic (exact) mass is 493 g/mol. The van der Waals surface area contributed by atoms with Crippen LogP contribution < -0.4 is 15.2 Å². The summed E-state index contributed by atoms with van der Waals surface area (Å²) in [7, 11) is 0. The van der Waals surface area contributed by atoms with Gasteiger partial charge < -0.3 is 19.5 Å². The smallest absolute Gasteiger partial charge is 0.387 e. The fourth-order valence-corrected chi connectivity index (χ4v) is 5.31. The summed E-state index contributed by atoms with van der Waals surface area (Å²) in [5.74, 6) is 0.250. The van der Waals surface area contributed by atoms with E-state index in [-0.39, 0.29) is 23.0 Å². The fourth-order valence-electron chi connectivity index (χ4n) is 5.31. The standard InChI is InChI=1S/C28H41F2NO4/c1-18-6-8-20(9-11-21(18)14-15-34-28(3,4)5)16-31-17-24-22(10-7-19(31)2)12-13-23(26(32)33)25(24)35-27(29)30/h10,12-13,17-21,27H,6-9,11,14-16H2,1-5H3,(H,32,33). The molecule has 1 heterocycles. The predicted octanol–water partition coefficient (Wildman–Crippen LogP) is 5.25. The first-order chi connectivity index (χ1) is 16.4. The first kappa shape index (κ1) is 27.4. The normalized spacial score (nSPS) is 25.2. The number of carboxylic acids is 1. The van der Waals surface area contributed by atoms with Gasteiger partial charge in [-0.2, -0.15) is 8.78 Å². The van der Waals surface area contributed by atoms with Crippen molar-refractivity contribution in [3.05, 3.63) is 28.1 Å². The van der Waals surface area contributed by atoms with Gasteiger partial charge in [-0.1, -0.05) is 25.5 Å². The van der Waals surface area contributed by atoms with Gasteiger partial charge in [-0.3, -0.25) is 0 Å². The Bertz CT molecular complexity index is 988. The van der Waals surface area contributed by atoms with Crippen molar-refractivity contribution in [1.82, 2.24) is 4.90 Å². The van der Waals surface area contributed by atoms with Crippen LogP contribution in [0, 0.1) is 17.8 Å². The third kappa shape index (κ3) is 7.66. The number of hydrogen-bond acceptors (Lipinski definition) is 4. The second-order valence-electron chi connectivity index (χ2n) is 11.3. The van der Waals surface area contributed by atoms with Gasteiger partial charge in [0, 0.05) is 30.6 Å². The number of aromatic carboxylic acids is 1. The third-order valence-corrected chi connectivity index (χ3v) is 7.48. The molecule has 1 aromatic rings. The van der Waals surface area contributed by atoms with Gasteiger partial charge in [0.1, 0.15) is 11.3 Å². The van der Waals surface area contributed by atoms with Crippen LogP contribution in [-0.4, -0.2) is 47.4 Å². The highest BCUT2D eigenvalue weighted by molar-refractivity contribution is 5.91. The first-order valence-corrected chi connectivity index (χ1v) is 12.9. The summed E-state index contributed by atoms with van der Waals surface area (Å²) in [5, 5.41) is 10.7. The molecule has 1 fully saturated rings. The third-order valence-electron chi connectivity index (χ3n) is 7.48. The minimum atomic E-state index is -3.09. The molecule has 35 heavy (non-hydrogen) atoms. The molecule has 0 saturated heterocycles. The molecule has 4 atom stereocenters. The average molecular weight is 494 g/mol. The topological polar surface area (TPSA) is 59.0 Å². The number of benzene rings is 1. The van der Waals surface area contributed by atoms with Crippen molar-refractivity contribution in [1.29, 1.82) is 0 Å².